The largest absolute Gasteiger partial charge is 0.365 e. The standard InChI is InChI=1S/C21H20ClN3O3S/c1-24(16-8-3-2-4-9-16)14-19(26)23-11-12-25-20(27)18(29-21(25)28)13-15-7-5-6-10-17(15)22/h2-10,13H,11-12,14H2,1H3,(H,23,26). The van der Waals surface area contributed by atoms with Gasteiger partial charge in [-0.05, 0) is 41.6 Å². The minimum Gasteiger partial charge on any atom is -0.365 e. The summed E-state index contributed by atoms with van der Waals surface area (Å²) >= 11 is 6.98. The van der Waals surface area contributed by atoms with Gasteiger partial charge in [-0.3, -0.25) is 19.3 Å². The van der Waals surface area contributed by atoms with Crippen molar-refractivity contribution in [2.24, 2.45) is 0 Å². The molecule has 0 radical (unpaired) electrons. The summed E-state index contributed by atoms with van der Waals surface area (Å²) in [6, 6.07) is 16.7. The van der Waals surface area contributed by atoms with E-state index >= 15 is 0 Å². The van der Waals surface area contributed by atoms with Crippen molar-refractivity contribution >= 4 is 52.2 Å². The van der Waals surface area contributed by atoms with Crippen LogP contribution in [0.4, 0.5) is 10.5 Å². The monoisotopic (exact) mass is 429 g/mol. The Kier molecular flexibility index (Phi) is 6.95. The molecule has 1 saturated heterocycles. The average molecular weight is 430 g/mol. The molecule has 0 aromatic heterocycles. The average Bonchev–Trinajstić information content (AvgIpc) is 2.97. The predicted molar refractivity (Wildman–Crippen MR) is 117 cm³/mol. The number of imide groups is 1. The molecular formula is C21H20ClN3O3S. The summed E-state index contributed by atoms with van der Waals surface area (Å²) < 4.78 is 0. The maximum atomic E-state index is 12.5. The first-order valence-corrected chi connectivity index (χ1v) is 10.2. The maximum absolute atomic E-state index is 12.5. The third-order valence-electron chi connectivity index (χ3n) is 4.30. The molecular weight excluding hydrogens is 410 g/mol. The Labute approximate surface area is 178 Å². The lowest BCUT2D eigenvalue weighted by Crippen LogP contribution is -2.40. The summed E-state index contributed by atoms with van der Waals surface area (Å²) in [5.74, 6) is -0.564. The fourth-order valence-electron chi connectivity index (χ4n) is 2.78. The Morgan fingerprint density at radius 1 is 1.14 bits per heavy atom. The molecule has 1 fully saturated rings. The van der Waals surface area contributed by atoms with Crippen LogP contribution in [0, 0.1) is 0 Å². The van der Waals surface area contributed by atoms with Crippen molar-refractivity contribution < 1.29 is 14.4 Å². The van der Waals surface area contributed by atoms with Gasteiger partial charge in [0.2, 0.25) is 5.91 Å². The molecule has 1 aliphatic heterocycles. The molecule has 3 rings (SSSR count). The first-order valence-electron chi connectivity index (χ1n) is 8.98. The van der Waals surface area contributed by atoms with Gasteiger partial charge >= 0.3 is 0 Å². The molecule has 2 aromatic rings. The topological polar surface area (TPSA) is 69.7 Å². The van der Waals surface area contributed by atoms with Crippen molar-refractivity contribution in [1.82, 2.24) is 10.2 Å². The molecule has 1 aliphatic rings. The van der Waals surface area contributed by atoms with Crippen molar-refractivity contribution in [3.8, 4) is 0 Å². The van der Waals surface area contributed by atoms with Gasteiger partial charge in [-0.1, -0.05) is 48.0 Å². The van der Waals surface area contributed by atoms with Gasteiger partial charge in [0.15, 0.2) is 0 Å². The van der Waals surface area contributed by atoms with Gasteiger partial charge in [0, 0.05) is 30.8 Å². The number of nitrogens with zero attached hydrogens (tertiary/aromatic N) is 2. The maximum Gasteiger partial charge on any atom is 0.293 e. The Morgan fingerprint density at radius 3 is 2.55 bits per heavy atom. The second-order valence-corrected chi connectivity index (χ2v) is 7.80. The Bertz CT molecular complexity index is 949. The van der Waals surface area contributed by atoms with Gasteiger partial charge in [-0.25, -0.2) is 0 Å². The molecule has 8 heteroatoms. The van der Waals surface area contributed by atoms with Gasteiger partial charge in [0.1, 0.15) is 0 Å². The van der Waals surface area contributed by atoms with Crippen LogP contribution >= 0.6 is 23.4 Å². The molecule has 1 heterocycles. The number of para-hydroxylation sites is 1. The first kappa shape index (κ1) is 21.0. The molecule has 0 atom stereocenters. The lowest BCUT2D eigenvalue weighted by molar-refractivity contribution is -0.124. The molecule has 6 nitrogen and oxygen atoms in total. The van der Waals surface area contributed by atoms with Crippen LogP contribution in [-0.4, -0.2) is 48.6 Å². The number of rotatable bonds is 7. The minimum atomic E-state index is -0.379. The number of benzene rings is 2. The molecule has 0 unspecified atom stereocenters. The van der Waals surface area contributed by atoms with Crippen LogP contribution in [0.15, 0.2) is 59.5 Å². The SMILES string of the molecule is CN(CC(=O)NCCN1C(=O)SC(=Cc2ccccc2Cl)C1=O)c1ccccc1. The van der Waals surface area contributed by atoms with Crippen LogP contribution in [0.1, 0.15) is 5.56 Å². The molecule has 29 heavy (non-hydrogen) atoms. The zero-order valence-corrected chi connectivity index (χ0v) is 17.4. The van der Waals surface area contributed by atoms with E-state index in [-0.39, 0.29) is 36.7 Å². The van der Waals surface area contributed by atoms with Gasteiger partial charge < -0.3 is 10.2 Å². The van der Waals surface area contributed by atoms with Crippen LogP contribution in [0.25, 0.3) is 6.08 Å². The van der Waals surface area contributed by atoms with E-state index in [1.807, 2.05) is 48.3 Å². The highest BCUT2D eigenvalue weighted by Gasteiger charge is 2.34. The predicted octanol–water partition coefficient (Wildman–Crippen LogP) is 3.63. The molecule has 0 spiro atoms. The first-order chi connectivity index (χ1) is 14.0. The summed E-state index contributed by atoms with van der Waals surface area (Å²) in [6.07, 6.45) is 1.61. The molecule has 0 saturated carbocycles. The summed E-state index contributed by atoms with van der Waals surface area (Å²) in [5, 5.41) is 2.90. The third kappa shape index (κ3) is 5.40. The summed E-state index contributed by atoms with van der Waals surface area (Å²) in [7, 11) is 1.82. The highest BCUT2D eigenvalue weighted by Crippen LogP contribution is 2.33. The van der Waals surface area contributed by atoms with E-state index in [0.29, 0.717) is 15.5 Å². The number of hydrogen-bond donors (Lipinski definition) is 1. The van der Waals surface area contributed by atoms with Crippen molar-refractivity contribution in [1.29, 1.82) is 0 Å². The number of amides is 3. The molecule has 1 N–H and O–H groups in total. The van der Waals surface area contributed by atoms with Gasteiger partial charge in [0.05, 0.1) is 11.4 Å². The Hall–Kier alpha value is -2.77. The van der Waals surface area contributed by atoms with Crippen molar-refractivity contribution in [3.05, 3.63) is 70.1 Å². The van der Waals surface area contributed by atoms with Gasteiger partial charge in [-0.2, -0.15) is 0 Å². The molecule has 3 amide bonds. The molecule has 0 aliphatic carbocycles. The zero-order valence-electron chi connectivity index (χ0n) is 15.8. The fourth-order valence-corrected chi connectivity index (χ4v) is 3.82. The van der Waals surface area contributed by atoms with E-state index < -0.39 is 0 Å². The van der Waals surface area contributed by atoms with Gasteiger partial charge in [0.25, 0.3) is 11.1 Å². The van der Waals surface area contributed by atoms with Crippen molar-refractivity contribution in [3.63, 3.8) is 0 Å². The van der Waals surface area contributed by atoms with Crippen LogP contribution < -0.4 is 10.2 Å². The van der Waals surface area contributed by atoms with Crippen molar-refractivity contribution in [2.75, 3.05) is 31.6 Å². The van der Waals surface area contributed by atoms with Crippen LogP contribution in [0.3, 0.4) is 0 Å². The smallest absolute Gasteiger partial charge is 0.293 e. The molecule has 2 aromatic carbocycles. The summed E-state index contributed by atoms with van der Waals surface area (Å²) in [4.78, 5) is 40.1. The quantitative estimate of drug-likeness (QED) is 0.680. The number of thioether (sulfide) groups is 1. The Morgan fingerprint density at radius 2 is 1.83 bits per heavy atom. The molecule has 0 bridgehead atoms. The van der Waals surface area contributed by atoms with E-state index in [1.165, 1.54) is 0 Å². The number of likely N-dealkylation sites (N-methyl/N-ethyl adjacent to an activating group) is 1. The van der Waals surface area contributed by atoms with Crippen LogP contribution in [0.2, 0.25) is 5.02 Å². The Balaban J connectivity index is 1.52. The second kappa shape index (κ2) is 9.62. The normalized spacial score (nSPS) is 15.1. The van der Waals surface area contributed by atoms with Crippen LogP contribution in [-0.2, 0) is 9.59 Å². The number of hydrogen-bond acceptors (Lipinski definition) is 5. The van der Waals surface area contributed by atoms with Crippen LogP contribution in [0.5, 0.6) is 0 Å². The highest BCUT2D eigenvalue weighted by atomic mass is 35.5. The lowest BCUT2D eigenvalue weighted by atomic mass is 10.2. The van der Waals surface area contributed by atoms with E-state index in [0.717, 1.165) is 22.3 Å². The van der Waals surface area contributed by atoms with E-state index in [9.17, 15) is 14.4 Å². The molecule has 150 valence electrons. The summed E-state index contributed by atoms with van der Waals surface area (Å²) in [6.45, 7) is 0.489. The second-order valence-electron chi connectivity index (χ2n) is 6.40. The van der Waals surface area contributed by atoms with E-state index in [4.69, 9.17) is 11.6 Å². The lowest BCUT2D eigenvalue weighted by Gasteiger charge is -2.19. The van der Waals surface area contributed by atoms with E-state index in [1.54, 1.807) is 24.3 Å². The van der Waals surface area contributed by atoms with Gasteiger partial charge in [-0.15, -0.1) is 0 Å². The number of carbonyl (C=O) groups is 3. The van der Waals surface area contributed by atoms with Crippen molar-refractivity contribution in [2.45, 2.75) is 0 Å². The number of carbonyl (C=O) groups excluding carboxylic acids is 3. The fraction of sp³-hybridized carbons (Fsp3) is 0.190. The summed E-state index contributed by atoms with van der Waals surface area (Å²) in [5.41, 5.74) is 1.61. The minimum absolute atomic E-state index is 0.116. The third-order valence-corrected chi connectivity index (χ3v) is 5.55. The van der Waals surface area contributed by atoms with E-state index in [2.05, 4.69) is 5.32 Å². The zero-order chi connectivity index (χ0) is 20.8. The number of halogens is 1. The number of anilines is 1. The number of nitrogens with one attached hydrogen (secondary N) is 1. The highest BCUT2D eigenvalue weighted by molar-refractivity contribution is 8.18.